The van der Waals surface area contributed by atoms with Crippen LogP contribution in [0.25, 0.3) is 0 Å². The Labute approximate surface area is 136 Å². The van der Waals surface area contributed by atoms with E-state index in [0.717, 1.165) is 5.69 Å². The van der Waals surface area contributed by atoms with Gasteiger partial charge in [-0.05, 0) is 12.1 Å². The van der Waals surface area contributed by atoms with Crippen LogP contribution in [0.3, 0.4) is 0 Å². The predicted octanol–water partition coefficient (Wildman–Crippen LogP) is 0.0696. The molecule has 0 aliphatic rings. The number of benzene rings is 1. The zero-order chi connectivity index (χ0) is 11.5. The molecule has 1 nitrogen and oxygen atoms in total. The van der Waals surface area contributed by atoms with E-state index in [2.05, 4.69) is 6.58 Å². The van der Waals surface area contributed by atoms with Crippen LogP contribution >= 0.6 is 0 Å². The second kappa shape index (κ2) is 6.86. The third-order valence-electron chi connectivity index (χ3n) is 2.10. The van der Waals surface area contributed by atoms with E-state index < -0.39 is 12.4 Å². The standard InChI is InChI=1S/C10H12BF3N.K/c1-9(11(12,13)14)8-15(2)10-6-4-3-5-7-10;/h3-7H,1,8H2,2H3;/q-1;+1. The summed E-state index contributed by atoms with van der Waals surface area (Å²) >= 11 is 0. The van der Waals surface area contributed by atoms with Crippen molar-refractivity contribution in [3.05, 3.63) is 42.4 Å². The molecule has 0 aliphatic heterocycles. The summed E-state index contributed by atoms with van der Waals surface area (Å²) in [7, 11) is 1.61. The van der Waals surface area contributed by atoms with Gasteiger partial charge in [0.05, 0.1) is 0 Å². The SMILES string of the molecule is C=C(CN(C)c1ccccc1)[B-](F)(F)F.[K+]. The van der Waals surface area contributed by atoms with Crippen LogP contribution < -0.4 is 56.3 Å². The number of anilines is 1. The van der Waals surface area contributed by atoms with E-state index in [1.165, 1.54) is 4.90 Å². The van der Waals surface area contributed by atoms with Crippen LogP contribution in [-0.4, -0.2) is 20.6 Å². The van der Waals surface area contributed by atoms with Crippen molar-refractivity contribution in [2.75, 3.05) is 18.5 Å². The van der Waals surface area contributed by atoms with Crippen LogP contribution in [-0.2, 0) is 0 Å². The minimum absolute atomic E-state index is 0. The van der Waals surface area contributed by atoms with Gasteiger partial charge in [-0.2, -0.15) is 0 Å². The maximum absolute atomic E-state index is 12.3. The Morgan fingerprint density at radius 3 is 2.19 bits per heavy atom. The Morgan fingerprint density at radius 2 is 1.75 bits per heavy atom. The van der Waals surface area contributed by atoms with E-state index in [9.17, 15) is 12.9 Å². The van der Waals surface area contributed by atoms with Gasteiger partial charge in [0.2, 0.25) is 0 Å². The summed E-state index contributed by atoms with van der Waals surface area (Å²) in [5.74, 6) is 0. The second-order valence-electron chi connectivity index (χ2n) is 3.42. The third kappa shape index (κ3) is 5.05. The molecule has 0 N–H and O–H groups in total. The van der Waals surface area contributed by atoms with Crippen molar-refractivity contribution in [2.24, 2.45) is 0 Å². The van der Waals surface area contributed by atoms with Crippen molar-refractivity contribution in [3.63, 3.8) is 0 Å². The van der Waals surface area contributed by atoms with Gasteiger partial charge in [-0.3, -0.25) is 0 Å². The monoisotopic (exact) mass is 253 g/mol. The Balaban J connectivity index is 0.00000225. The van der Waals surface area contributed by atoms with Crippen LogP contribution in [0.1, 0.15) is 0 Å². The summed E-state index contributed by atoms with van der Waals surface area (Å²) in [6.07, 6.45) is 0. The molecule has 16 heavy (non-hydrogen) atoms. The second-order valence-corrected chi connectivity index (χ2v) is 3.42. The summed E-state index contributed by atoms with van der Waals surface area (Å²) in [5.41, 5.74) is 0.0695. The van der Waals surface area contributed by atoms with Gasteiger partial charge < -0.3 is 17.8 Å². The number of nitrogens with zero attached hydrogens (tertiary/aromatic N) is 1. The van der Waals surface area contributed by atoms with Gasteiger partial charge in [-0.1, -0.05) is 18.2 Å². The molecule has 1 aromatic rings. The fourth-order valence-corrected chi connectivity index (χ4v) is 1.18. The average Bonchev–Trinajstić information content (AvgIpc) is 2.17. The van der Waals surface area contributed by atoms with E-state index >= 15 is 0 Å². The predicted molar refractivity (Wildman–Crippen MR) is 57.9 cm³/mol. The normalized spacial score (nSPS) is 10.5. The number of hydrogen-bond acceptors (Lipinski definition) is 1. The molecule has 0 saturated heterocycles. The van der Waals surface area contributed by atoms with Gasteiger partial charge in [-0.15, -0.1) is 12.1 Å². The number of hydrogen-bond donors (Lipinski definition) is 0. The Bertz CT molecular complexity index is 340. The molecule has 0 saturated carbocycles. The summed E-state index contributed by atoms with van der Waals surface area (Å²) in [6.45, 7) is -2.07. The molecule has 0 aromatic heterocycles. The molecule has 1 rings (SSSR count). The molecule has 0 amide bonds. The fourth-order valence-electron chi connectivity index (χ4n) is 1.18. The first-order chi connectivity index (χ1) is 6.91. The molecular weight excluding hydrogens is 241 g/mol. The molecule has 0 bridgehead atoms. The summed E-state index contributed by atoms with van der Waals surface area (Å²) in [5, 5.41) is 0. The minimum Gasteiger partial charge on any atom is -0.445 e. The van der Waals surface area contributed by atoms with Crippen molar-refractivity contribution in [3.8, 4) is 0 Å². The van der Waals surface area contributed by atoms with E-state index in [1.807, 2.05) is 6.07 Å². The van der Waals surface area contributed by atoms with E-state index in [0.29, 0.717) is 0 Å². The van der Waals surface area contributed by atoms with E-state index in [4.69, 9.17) is 0 Å². The zero-order valence-corrected chi connectivity index (χ0v) is 12.6. The van der Waals surface area contributed by atoms with Crippen molar-refractivity contribution in [2.45, 2.75) is 0 Å². The minimum atomic E-state index is -4.94. The topological polar surface area (TPSA) is 3.24 Å². The smallest absolute Gasteiger partial charge is 0.445 e. The van der Waals surface area contributed by atoms with Crippen LogP contribution in [0, 0.1) is 0 Å². The van der Waals surface area contributed by atoms with Crippen molar-refractivity contribution in [1.29, 1.82) is 0 Å². The molecule has 0 spiro atoms. The van der Waals surface area contributed by atoms with Crippen LogP contribution in [0.4, 0.5) is 18.6 Å². The molecule has 0 heterocycles. The maximum atomic E-state index is 12.3. The number of likely N-dealkylation sites (N-methyl/N-ethyl adjacent to an activating group) is 1. The molecule has 0 aliphatic carbocycles. The molecule has 1 aromatic carbocycles. The molecular formula is C10H12BF3KN. The van der Waals surface area contributed by atoms with Gasteiger partial charge in [0.15, 0.2) is 0 Å². The summed E-state index contributed by atoms with van der Waals surface area (Å²) in [6, 6.07) is 8.91. The maximum Gasteiger partial charge on any atom is 1.00 e. The van der Waals surface area contributed by atoms with Gasteiger partial charge in [-0.25, -0.2) is 0 Å². The quantitative estimate of drug-likeness (QED) is 0.686. The molecule has 0 radical (unpaired) electrons. The first-order valence-electron chi connectivity index (χ1n) is 4.55. The first-order valence-corrected chi connectivity index (χ1v) is 4.55. The van der Waals surface area contributed by atoms with Crippen molar-refractivity contribution in [1.82, 2.24) is 0 Å². The van der Waals surface area contributed by atoms with E-state index in [-0.39, 0.29) is 57.9 Å². The summed E-state index contributed by atoms with van der Waals surface area (Å²) in [4.78, 5) is 1.53. The third-order valence-corrected chi connectivity index (χ3v) is 2.10. The molecule has 82 valence electrons. The number of para-hydroxylation sites is 1. The van der Waals surface area contributed by atoms with Gasteiger partial charge in [0, 0.05) is 19.3 Å². The molecule has 0 atom stereocenters. The molecule has 6 heteroatoms. The van der Waals surface area contributed by atoms with Crippen LogP contribution in [0.5, 0.6) is 0 Å². The number of rotatable bonds is 4. The molecule has 0 unspecified atom stereocenters. The van der Waals surface area contributed by atoms with Crippen molar-refractivity contribution >= 4 is 12.7 Å². The van der Waals surface area contributed by atoms with Gasteiger partial charge in [0.25, 0.3) is 0 Å². The van der Waals surface area contributed by atoms with Crippen LogP contribution in [0.15, 0.2) is 42.4 Å². The fraction of sp³-hybridized carbons (Fsp3) is 0.200. The largest absolute Gasteiger partial charge is 1.00 e. The zero-order valence-electron chi connectivity index (χ0n) is 9.46. The Morgan fingerprint density at radius 1 is 1.25 bits per heavy atom. The van der Waals surface area contributed by atoms with Crippen LogP contribution in [0.2, 0.25) is 0 Å². The van der Waals surface area contributed by atoms with Gasteiger partial charge >= 0.3 is 58.4 Å². The van der Waals surface area contributed by atoms with Gasteiger partial charge in [0.1, 0.15) is 0 Å². The Hall–Kier alpha value is 0.251. The molecule has 0 fully saturated rings. The first kappa shape index (κ1) is 16.3. The van der Waals surface area contributed by atoms with Crippen molar-refractivity contribution < 1.29 is 64.3 Å². The van der Waals surface area contributed by atoms with E-state index in [1.54, 1.807) is 31.3 Å². The summed E-state index contributed by atoms with van der Waals surface area (Å²) < 4.78 is 36.8. The average molecular weight is 253 g/mol. The Kier molecular flexibility index (Phi) is 6.97. The number of halogens is 3.